The minimum absolute atomic E-state index is 0.0820. The smallest absolute Gasteiger partial charge is 0.238 e. The molecule has 1 aromatic rings. The van der Waals surface area contributed by atoms with E-state index in [9.17, 15) is 9.18 Å². The summed E-state index contributed by atoms with van der Waals surface area (Å²) in [6, 6.07) is 7.03. The molecule has 0 radical (unpaired) electrons. The van der Waals surface area contributed by atoms with Crippen molar-refractivity contribution >= 4 is 11.6 Å². The minimum atomic E-state index is -0.299. The molecule has 3 rings (SSSR count). The van der Waals surface area contributed by atoms with Gasteiger partial charge in [-0.3, -0.25) is 9.69 Å². The molecular weight excluding hydrogens is 257 g/mol. The fourth-order valence-electron chi connectivity index (χ4n) is 2.70. The summed E-state index contributed by atoms with van der Waals surface area (Å²) in [5, 5.41) is 6.06. The number of likely N-dealkylation sites (tertiary alicyclic amines) is 1. The second kappa shape index (κ2) is 5.89. The van der Waals surface area contributed by atoms with E-state index in [1.807, 2.05) is 0 Å². The van der Waals surface area contributed by atoms with E-state index in [-0.39, 0.29) is 11.7 Å². The van der Waals surface area contributed by atoms with Crippen molar-refractivity contribution in [3.05, 3.63) is 30.1 Å². The number of carbonyl (C=O) groups is 1. The topological polar surface area (TPSA) is 44.4 Å². The van der Waals surface area contributed by atoms with E-state index in [0.29, 0.717) is 18.3 Å². The Hall–Kier alpha value is -1.46. The number of hydrogen-bond acceptors (Lipinski definition) is 3. The van der Waals surface area contributed by atoms with Crippen LogP contribution in [0.1, 0.15) is 19.3 Å². The lowest BCUT2D eigenvalue weighted by Crippen LogP contribution is -2.38. The Morgan fingerprint density at radius 3 is 2.70 bits per heavy atom. The van der Waals surface area contributed by atoms with Crippen LogP contribution in [0.5, 0.6) is 0 Å². The molecule has 1 unspecified atom stereocenters. The Bertz CT molecular complexity index is 473. The van der Waals surface area contributed by atoms with Gasteiger partial charge in [-0.25, -0.2) is 4.39 Å². The van der Waals surface area contributed by atoms with E-state index in [1.54, 1.807) is 12.1 Å². The van der Waals surface area contributed by atoms with Crippen LogP contribution in [0.3, 0.4) is 0 Å². The number of benzene rings is 1. The number of carbonyl (C=O) groups excluding carboxylic acids is 1. The molecule has 1 saturated heterocycles. The van der Waals surface area contributed by atoms with Crippen molar-refractivity contribution in [2.45, 2.75) is 31.3 Å². The van der Waals surface area contributed by atoms with Crippen LogP contribution in [0.4, 0.5) is 10.1 Å². The summed E-state index contributed by atoms with van der Waals surface area (Å²) >= 11 is 0. The molecule has 1 aromatic carbocycles. The van der Waals surface area contributed by atoms with Crippen LogP contribution < -0.4 is 10.6 Å². The highest BCUT2D eigenvalue weighted by molar-refractivity contribution is 5.92. The first-order valence-electron chi connectivity index (χ1n) is 7.23. The third-order valence-electron chi connectivity index (χ3n) is 3.96. The number of amides is 1. The van der Waals surface area contributed by atoms with Crippen LogP contribution in [0.25, 0.3) is 0 Å². The summed E-state index contributed by atoms with van der Waals surface area (Å²) < 4.78 is 12.8. The van der Waals surface area contributed by atoms with Crippen LogP contribution in [0.2, 0.25) is 0 Å². The molecule has 5 heteroatoms. The SMILES string of the molecule is O=C(CNC1CCN(C2CC2)C1)Nc1ccc(F)cc1. The van der Waals surface area contributed by atoms with Gasteiger partial charge < -0.3 is 10.6 Å². The average Bonchev–Trinajstić information content (AvgIpc) is 3.18. The molecule has 4 nitrogen and oxygen atoms in total. The van der Waals surface area contributed by atoms with Gasteiger partial charge >= 0.3 is 0 Å². The number of hydrogen-bond donors (Lipinski definition) is 2. The monoisotopic (exact) mass is 277 g/mol. The average molecular weight is 277 g/mol. The zero-order chi connectivity index (χ0) is 13.9. The molecule has 1 heterocycles. The van der Waals surface area contributed by atoms with E-state index in [1.165, 1.54) is 25.0 Å². The van der Waals surface area contributed by atoms with E-state index < -0.39 is 0 Å². The third kappa shape index (κ3) is 3.55. The van der Waals surface area contributed by atoms with Gasteiger partial charge in [-0.05, 0) is 43.5 Å². The van der Waals surface area contributed by atoms with Gasteiger partial charge in [0.2, 0.25) is 5.91 Å². The molecule has 0 bridgehead atoms. The van der Waals surface area contributed by atoms with Crippen molar-refractivity contribution < 1.29 is 9.18 Å². The van der Waals surface area contributed by atoms with Crippen molar-refractivity contribution in [2.24, 2.45) is 0 Å². The van der Waals surface area contributed by atoms with Crippen molar-refractivity contribution in [3.63, 3.8) is 0 Å². The number of nitrogens with zero attached hydrogens (tertiary/aromatic N) is 1. The second-order valence-electron chi connectivity index (χ2n) is 5.65. The summed E-state index contributed by atoms with van der Waals surface area (Å²) in [6.45, 7) is 2.50. The summed E-state index contributed by atoms with van der Waals surface area (Å²) in [4.78, 5) is 14.3. The quantitative estimate of drug-likeness (QED) is 0.859. The molecule has 1 aliphatic heterocycles. The highest BCUT2D eigenvalue weighted by atomic mass is 19.1. The standard InChI is InChI=1S/C15H20FN3O/c16-11-1-3-12(4-2-11)18-15(20)9-17-13-7-8-19(10-13)14-5-6-14/h1-4,13-14,17H,5-10H2,(H,18,20). The summed E-state index contributed by atoms with van der Waals surface area (Å²) in [6.07, 6.45) is 3.77. The molecule has 2 N–H and O–H groups in total. The molecule has 108 valence electrons. The maximum Gasteiger partial charge on any atom is 0.238 e. The zero-order valence-corrected chi connectivity index (χ0v) is 11.4. The zero-order valence-electron chi connectivity index (χ0n) is 11.4. The summed E-state index contributed by atoms with van der Waals surface area (Å²) in [5.41, 5.74) is 0.629. The largest absolute Gasteiger partial charge is 0.325 e. The third-order valence-corrected chi connectivity index (χ3v) is 3.96. The predicted molar refractivity (Wildman–Crippen MR) is 76.0 cm³/mol. The Morgan fingerprint density at radius 2 is 2.00 bits per heavy atom. The molecule has 2 fully saturated rings. The predicted octanol–water partition coefficient (Wildman–Crippen LogP) is 1.59. The van der Waals surface area contributed by atoms with E-state index in [4.69, 9.17) is 0 Å². The van der Waals surface area contributed by atoms with Crippen LogP contribution in [-0.4, -0.2) is 42.5 Å². The van der Waals surface area contributed by atoms with E-state index >= 15 is 0 Å². The van der Waals surface area contributed by atoms with Gasteiger partial charge in [0.15, 0.2) is 0 Å². The van der Waals surface area contributed by atoms with Gasteiger partial charge in [0.25, 0.3) is 0 Å². The fraction of sp³-hybridized carbons (Fsp3) is 0.533. The maximum atomic E-state index is 12.8. The van der Waals surface area contributed by atoms with E-state index in [2.05, 4.69) is 15.5 Å². The highest BCUT2D eigenvalue weighted by Gasteiger charge is 2.34. The summed E-state index contributed by atoms with van der Waals surface area (Å²) in [7, 11) is 0. The molecule has 1 aliphatic carbocycles. The lowest BCUT2D eigenvalue weighted by molar-refractivity contribution is -0.115. The van der Waals surface area contributed by atoms with Gasteiger partial charge in [-0.1, -0.05) is 0 Å². The first-order chi connectivity index (χ1) is 9.70. The fourth-order valence-corrected chi connectivity index (χ4v) is 2.70. The van der Waals surface area contributed by atoms with Crippen molar-refractivity contribution in [1.29, 1.82) is 0 Å². The molecule has 1 atom stereocenters. The normalized spacial score (nSPS) is 22.9. The van der Waals surface area contributed by atoms with Crippen molar-refractivity contribution in [2.75, 3.05) is 25.0 Å². The van der Waals surface area contributed by atoms with Gasteiger partial charge in [0.05, 0.1) is 6.54 Å². The molecule has 20 heavy (non-hydrogen) atoms. The Balaban J connectivity index is 1.39. The van der Waals surface area contributed by atoms with Gasteiger partial charge in [-0.2, -0.15) is 0 Å². The Labute approximate surface area is 118 Å². The number of nitrogens with one attached hydrogen (secondary N) is 2. The van der Waals surface area contributed by atoms with Gasteiger partial charge in [0.1, 0.15) is 5.82 Å². The Morgan fingerprint density at radius 1 is 1.25 bits per heavy atom. The Kier molecular flexibility index (Phi) is 3.98. The number of rotatable bonds is 5. The van der Waals surface area contributed by atoms with Crippen molar-refractivity contribution in [1.82, 2.24) is 10.2 Å². The molecule has 2 aliphatic rings. The van der Waals surface area contributed by atoms with Crippen molar-refractivity contribution in [3.8, 4) is 0 Å². The highest BCUT2D eigenvalue weighted by Crippen LogP contribution is 2.29. The van der Waals surface area contributed by atoms with Gasteiger partial charge in [0, 0.05) is 30.9 Å². The summed E-state index contributed by atoms with van der Waals surface area (Å²) in [5.74, 6) is -0.381. The van der Waals surface area contributed by atoms with Crippen LogP contribution >= 0.6 is 0 Å². The molecule has 1 saturated carbocycles. The lowest BCUT2D eigenvalue weighted by Gasteiger charge is -2.15. The molecule has 1 amide bonds. The first-order valence-corrected chi connectivity index (χ1v) is 7.23. The minimum Gasteiger partial charge on any atom is -0.325 e. The van der Waals surface area contributed by atoms with Gasteiger partial charge in [-0.15, -0.1) is 0 Å². The second-order valence-corrected chi connectivity index (χ2v) is 5.65. The lowest BCUT2D eigenvalue weighted by atomic mass is 10.2. The maximum absolute atomic E-state index is 12.8. The molecular formula is C15H20FN3O. The molecule has 0 spiro atoms. The first kappa shape index (κ1) is 13.5. The van der Waals surface area contributed by atoms with Crippen LogP contribution in [0.15, 0.2) is 24.3 Å². The van der Waals surface area contributed by atoms with Crippen LogP contribution in [0, 0.1) is 5.82 Å². The van der Waals surface area contributed by atoms with Crippen LogP contribution in [-0.2, 0) is 4.79 Å². The molecule has 0 aromatic heterocycles. The number of anilines is 1. The number of halogens is 1. The van der Waals surface area contributed by atoms with E-state index in [0.717, 1.165) is 25.6 Å².